The summed E-state index contributed by atoms with van der Waals surface area (Å²) in [7, 11) is 0. The number of aliphatic hydroxyl groups is 1. The molecule has 16 nitrogen and oxygen atoms in total. The number of ether oxygens (including phenoxy) is 3. The van der Waals surface area contributed by atoms with Crippen molar-refractivity contribution in [3.63, 3.8) is 0 Å². The van der Waals surface area contributed by atoms with Crippen LogP contribution in [0, 0.1) is 0 Å². The van der Waals surface area contributed by atoms with Crippen molar-refractivity contribution in [2.75, 3.05) is 84.7 Å². The number of thiol groups is 1. The van der Waals surface area contributed by atoms with Crippen LogP contribution in [0.4, 0.5) is 0 Å². The number of aliphatic hydroxyl groups excluding tert-OH is 1. The molecule has 10 N–H and O–H groups in total. The van der Waals surface area contributed by atoms with Crippen LogP contribution in [0.5, 0.6) is 0 Å². The fourth-order valence-electron chi connectivity index (χ4n) is 6.39. The number of hydrogen-bond donors (Lipinski definition) is 9. The zero-order valence-corrected chi connectivity index (χ0v) is 38.5. The van der Waals surface area contributed by atoms with Gasteiger partial charge in [-0.25, -0.2) is 0 Å². The largest absolute Gasteiger partial charge is 0.394 e. The predicted molar refractivity (Wildman–Crippen MR) is 245 cm³/mol. The fourth-order valence-corrected chi connectivity index (χ4v) is 6.61. The van der Waals surface area contributed by atoms with E-state index < -0.39 is 12.1 Å². The van der Waals surface area contributed by atoms with E-state index in [2.05, 4.69) is 39.2 Å². The number of nitrogens with two attached hydrogens (primary N) is 2. The van der Waals surface area contributed by atoms with Gasteiger partial charge in [-0.2, -0.15) is 12.6 Å². The minimum absolute atomic E-state index is 0.0182. The Morgan fingerprint density at radius 2 is 0.803 bits per heavy atom. The Morgan fingerprint density at radius 3 is 1.31 bits per heavy atom. The van der Waals surface area contributed by atoms with Crippen LogP contribution in [0.3, 0.4) is 0 Å². The zero-order valence-electron chi connectivity index (χ0n) is 37.6. The van der Waals surface area contributed by atoms with Gasteiger partial charge in [-0.15, -0.1) is 0 Å². The van der Waals surface area contributed by atoms with Crippen LogP contribution < -0.4 is 38.1 Å². The maximum absolute atomic E-state index is 12.4. The highest BCUT2D eigenvalue weighted by molar-refractivity contribution is 7.80. The number of nitrogens with one attached hydrogen (secondary N) is 5. The maximum Gasteiger partial charge on any atom is 0.246 e. The van der Waals surface area contributed by atoms with Gasteiger partial charge < -0.3 is 57.4 Å². The van der Waals surface area contributed by atoms with E-state index in [4.69, 9.17) is 30.8 Å². The van der Waals surface area contributed by atoms with E-state index in [0.29, 0.717) is 77.9 Å². The standard InChI is InChI=1S/C44H87N7O9S/c45-38(43(56)50-27-19-16-22-39(46)44(57)51-29-32-59-34-35-60-37-42(55)49-28-31-58-33-30-52)21-15-18-26-48-41(54)24-14-12-17-25-47-40(53)23-13-10-8-6-4-2-1-3-5-7-9-11-20-36-61/h38-39,52,61H,1-37,45-46H2,(H,47,53)(H,48,54)(H,49,55)(H,50,56)(H,51,57)/t38-,39-/m0/s1. The first kappa shape index (κ1) is 58.5. The van der Waals surface area contributed by atoms with E-state index in [1.165, 1.54) is 70.6 Å². The second kappa shape index (κ2) is 45.5. The van der Waals surface area contributed by atoms with E-state index >= 15 is 0 Å². The highest BCUT2D eigenvalue weighted by Crippen LogP contribution is 2.13. The average Bonchev–Trinajstić information content (AvgIpc) is 3.25. The molecular formula is C44H87N7O9S. The molecule has 0 aromatic carbocycles. The van der Waals surface area contributed by atoms with Crippen molar-refractivity contribution in [3.8, 4) is 0 Å². The molecule has 0 aliphatic rings. The predicted octanol–water partition coefficient (Wildman–Crippen LogP) is 3.56. The Labute approximate surface area is 373 Å². The molecule has 358 valence electrons. The van der Waals surface area contributed by atoms with Gasteiger partial charge in [0.05, 0.1) is 51.7 Å². The molecule has 0 aliphatic heterocycles. The quantitative estimate of drug-likeness (QED) is 0.0316. The summed E-state index contributed by atoms with van der Waals surface area (Å²) in [5.41, 5.74) is 12.0. The van der Waals surface area contributed by atoms with Gasteiger partial charge in [0.2, 0.25) is 29.5 Å². The lowest BCUT2D eigenvalue weighted by Gasteiger charge is -2.14. The van der Waals surface area contributed by atoms with Crippen molar-refractivity contribution in [2.45, 2.75) is 166 Å². The first-order valence-corrected chi connectivity index (χ1v) is 24.2. The van der Waals surface area contributed by atoms with E-state index in [0.717, 1.165) is 50.7 Å². The summed E-state index contributed by atoms with van der Waals surface area (Å²) < 4.78 is 15.7. The number of rotatable bonds is 46. The third-order valence-electron chi connectivity index (χ3n) is 10.1. The summed E-state index contributed by atoms with van der Waals surface area (Å²) in [6, 6.07) is -1.29. The molecule has 0 saturated heterocycles. The molecule has 0 bridgehead atoms. The highest BCUT2D eigenvalue weighted by atomic mass is 32.1. The summed E-state index contributed by atoms with van der Waals surface area (Å²) >= 11 is 4.26. The van der Waals surface area contributed by atoms with Crippen LogP contribution in [0.15, 0.2) is 0 Å². The van der Waals surface area contributed by atoms with Crippen molar-refractivity contribution in [3.05, 3.63) is 0 Å². The second-order valence-corrected chi connectivity index (χ2v) is 16.2. The van der Waals surface area contributed by atoms with Gasteiger partial charge in [-0.1, -0.05) is 77.0 Å². The van der Waals surface area contributed by atoms with Crippen LogP contribution in [-0.2, 0) is 38.2 Å². The molecule has 17 heteroatoms. The molecule has 2 atom stereocenters. The molecule has 0 fully saturated rings. The molecular weight excluding hydrogens is 803 g/mol. The van der Waals surface area contributed by atoms with E-state index in [1.807, 2.05) is 0 Å². The fraction of sp³-hybridized carbons (Fsp3) is 0.886. The Balaban J connectivity index is 3.58. The van der Waals surface area contributed by atoms with Crippen LogP contribution in [0.1, 0.15) is 154 Å². The van der Waals surface area contributed by atoms with Gasteiger partial charge in [0.25, 0.3) is 0 Å². The minimum atomic E-state index is -0.666. The molecule has 0 saturated carbocycles. The summed E-state index contributed by atoms with van der Waals surface area (Å²) in [5, 5.41) is 22.8. The van der Waals surface area contributed by atoms with Crippen molar-refractivity contribution in [1.82, 2.24) is 26.6 Å². The lowest BCUT2D eigenvalue weighted by molar-refractivity contribution is -0.127. The molecule has 0 aromatic rings. The number of carbonyl (C=O) groups excluding carboxylic acids is 5. The summed E-state index contributed by atoms with van der Waals surface area (Å²) in [5.74, 6) is 0.396. The van der Waals surface area contributed by atoms with Crippen LogP contribution in [0.2, 0.25) is 0 Å². The first-order chi connectivity index (χ1) is 29.7. The van der Waals surface area contributed by atoms with Crippen LogP contribution >= 0.6 is 12.6 Å². The SMILES string of the molecule is N[C@@H](CCCCNC(=O)CCCCCNC(=O)CCCCCCCCCCCCCCCS)C(=O)NCCCC[C@H](N)C(=O)NCCOCCOCC(=O)NCCOCCO. The number of hydrogen-bond acceptors (Lipinski definition) is 12. The molecule has 0 radical (unpaired) electrons. The van der Waals surface area contributed by atoms with Crippen molar-refractivity contribution in [2.24, 2.45) is 11.5 Å². The number of carbonyl (C=O) groups is 5. The molecule has 0 rings (SSSR count). The van der Waals surface area contributed by atoms with Gasteiger partial charge in [-0.05, 0) is 70.0 Å². The van der Waals surface area contributed by atoms with Crippen LogP contribution in [-0.4, -0.2) is 131 Å². The van der Waals surface area contributed by atoms with Gasteiger partial charge in [-0.3, -0.25) is 24.0 Å². The number of amides is 5. The van der Waals surface area contributed by atoms with Crippen molar-refractivity contribution < 1.29 is 43.3 Å². The summed E-state index contributed by atoms with van der Waals surface area (Å²) in [4.78, 5) is 60.5. The Kier molecular flexibility index (Phi) is 43.6. The average molecular weight is 890 g/mol. The number of unbranched alkanes of at least 4 members (excludes halogenated alkanes) is 16. The Morgan fingerprint density at radius 1 is 0.426 bits per heavy atom. The lowest BCUT2D eigenvalue weighted by atomic mass is 10.0. The van der Waals surface area contributed by atoms with E-state index in [9.17, 15) is 24.0 Å². The van der Waals surface area contributed by atoms with Gasteiger partial charge in [0, 0.05) is 45.6 Å². The summed E-state index contributed by atoms with van der Waals surface area (Å²) in [6.07, 6.45) is 24.0. The van der Waals surface area contributed by atoms with E-state index in [1.54, 1.807) is 0 Å². The molecule has 0 unspecified atom stereocenters. The van der Waals surface area contributed by atoms with Crippen LogP contribution in [0.25, 0.3) is 0 Å². The minimum Gasteiger partial charge on any atom is -0.394 e. The molecule has 61 heavy (non-hydrogen) atoms. The highest BCUT2D eigenvalue weighted by Gasteiger charge is 2.14. The molecule has 0 aliphatic carbocycles. The second-order valence-electron chi connectivity index (χ2n) is 15.7. The van der Waals surface area contributed by atoms with Gasteiger partial charge in [0.1, 0.15) is 6.61 Å². The maximum atomic E-state index is 12.4. The van der Waals surface area contributed by atoms with Gasteiger partial charge in [0.15, 0.2) is 0 Å². The van der Waals surface area contributed by atoms with Crippen molar-refractivity contribution in [1.29, 1.82) is 0 Å². The molecule has 0 aromatic heterocycles. The Hall–Kier alpha value is -2.54. The Bertz CT molecular complexity index is 1080. The zero-order chi connectivity index (χ0) is 44.9. The lowest BCUT2D eigenvalue weighted by Crippen LogP contribution is -2.42. The van der Waals surface area contributed by atoms with Gasteiger partial charge >= 0.3 is 0 Å². The first-order valence-electron chi connectivity index (χ1n) is 23.5. The van der Waals surface area contributed by atoms with E-state index in [-0.39, 0.29) is 69.2 Å². The smallest absolute Gasteiger partial charge is 0.246 e. The third-order valence-corrected chi connectivity index (χ3v) is 10.4. The molecule has 0 heterocycles. The summed E-state index contributed by atoms with van der Waals surface area (Å²) in [6.45, 7) is 3.44. The molecule has 0 spiro atoms. The monoisotopic (exact) mass is 890 g/mol. The third kappa shape index (κ3) is 42.5. The normalized spacial score (nSPS) is 12.1. The van der Waals surface area contributed by atoms with Crippen molar-refractivity contribution >= 4 is 42.2 Å². The topological polar surface area (TPSA) is 245 Å². The molecule has 5 amide bonds.